The number of thiophene rings is 1. The van der Waals surface area contributed by atoms with Crippen molar-refractivity contribution in [3.05, 3.63) is 70.4 Å². The molecule has 4 nitrogen and oxygen atoms in total. The van der Waals surface area contributed by atoms with Crippen molar-refractivity contribution in [2.45, 2.75) is 19.4 Å². The molecule has 0 unspecified atom stereocenters. The molecule has 0 atom stereocenters. The lowest BCUT2D eigenvalue weighted by Gasteiger charge is -2.32. The molecule has 0 aliphatic carbocycles. The fraction of sp³-hybridized carbons (Fsp3) is 0.304. The number of rotatable bonds is 6. The molecule has 1 aromatic heterocycles. The molecule has 0 bridgehead atoms. The normalized spacial score (nSPS) is 15.1. The van der Waals surface area contributed by atoms with Gasteiger partial charge in [0.1, 0.15) is 6.54 Å². The highest BCUT2D eigenvalue weighted by atomic mass is 32.1. The zero-order valence-electron chi connectivity index (χ0n) is 15.9. The van der Waals surface area contributed by atoms with E-state index in [-0.39, 0.29) is 11.7 Å². The zero-order valence-corrected chi connectivity index (χ0v) is 16.7. The van der Waals surface area contributed by atoms with E-state index in [1.54, 1.807) is 0 Å². The van der Waals surface area contributed by atoms with Crippen LogP contribution in [-0.4, -0.2) is 42.8 Å². The standard InChI is InChI=1S/C23H24N2O2S/c26-21(22-9-4-16-28-22)10-11-23(27)25-14-12-24(13-15-25)17-19-7-3-6-18-5-1-2-8-20(18)19/h1-9,16H,10-15,17H2/p+1. The summed E-state index contributed by atoms with van der Waals surface area (Å²) in [5.41, 5.74) is 1.37. The molecule has 28 heavy (non-hydrogen) atoms. The van der Waals surface area contributed by atoms with Crippen LogP contribution in [0.1, 0.15) is 28.1 Å². The SMILES string of the molecule is O=C(CCC(=O)N1CC[NH+](Cc2cccc3ccccc23)CC1)c1cccs1. The molecule has 0 spiro atoms. The Morgan fingerprint density at radius 3 is 2.50 bits per heavy atom. The third kappa shape index (κ3) is 4.32. The van der Waals surface area contributed by atoms with Crippen LogP contribution in [0.4, 0.5) is 0 Å². The molecule has 1 saturated heterocycles. The molecular weight excluding hydrogens is 368 g/mol. The van der Waals surface area contributed by atoms with Crippen molar-refractivity contribution in [3.63, 3.8) is 0 Å². The Morgan fingerprint density at radius 2 is 1.71 bits per heavy atom. The van der Waals surface area contributed by atoms with Crippen LogP contribution in [0.2, 0.25) is 0 Å². The molecule has 5 heteroatoms. The van der Waals surface area contributed by atoms with Crippen LogP contribution in [0.15, 0.2) is 60.0 Å². The number of hydrogen-bond donors (Lipinski definition) is 1. The maximum Gasteiger partial charge on any atom is 0.223 e. The summed E-state index contributed by atoms with van der Waals surface area (Å²) in [6.45, 7) is 4.43. The second-order valence-electron chi connectivity index (χ2n) is 7.35. The second-order valence-corrected chi connectivity index (χ2v) is 8.29. The Morgan fingerprint density at radius 1 is 0.929 bits per heavy atom. The van der Waals surface area contributed by atoms with Gasteiger partial charge in [0.25, 0.3) is 0 Å². The summed E-state index contributed by atoms with van der Waals surface area (Å²) < 4.78 is 0. The van der Waals surface area contributed by atoms with Gasteiger partial charge in [-0.25, -0.2) is 0 Å². The number of nitrogens with one attached hydrogen (secondary N) is 1. The summed E-state index contributed by atoms with van der Waals surface area (Å²) in [5.74, 6) is 0.178. The van der Waals surface area contributed by atoms with Crippen LogP contribution in [0.3, 0.4) is 0 Å². The molecule has 0 saturated carbocycles. The van der Waals surface area contributed by atoms with Gasteiger partial charge in [-0.3, -0.25) is 9.59 Å². The first-order valence-electron chi connectivity index (χ1n) is 9.85. The number of carbonyl (C=O) groups is 2. The lowest BCUT2D eigenvalue weighted by molar-refractivity contribution is -0.917. The third-order valence-corrected chi connectivity index (χ3v) is 6.42. The van der Waals surface area contributed by atoms with E-state index in [4.69, 9.17) is 0 Å². The van der Waals surface area contributed by atoms with Gasteiger partial charge < -0.3 is 9.80 Å². The van der Waals surface area contributed by atoms with E-state index >= 15 is 0 Å². The fourth-order valence-corrected chi connectivity index (χ4v) is 4.60. The number of ketones is 1. The van der Waals surface area contributed by atoms with Crippen molar-refractivity contribution in [2.24, 2.45) is 0 Å². The average Bonchev–Trinajstić information content (AvgIpc) is 3.28. The minimum atomic E-state index is 0.0727. The van der Waals surface area contributed by atoms with Gasteiger partial charge in [0.05, 0.1) is 31.1 Å². The van der Waals surface area contributed by atoms with Gasteiger partial charge >= 0.3 is 0 Å². The summed E-state index contributed by atoms with van der Waals surface area (Å²) in [5, 5.41) is 4.50. The summed E-state index contributed by atoms with van der Waals surface area (Å²) in [7, 11) is 0. The molecule has 0 radical (unpaired) electrons. The van der Waals surface area contributed by atoms with Gasteiger partial charge in [0.2, 0.25) is 5.91 Å². The van der Waals surface area contributed by atoms with E-state index in [2.05, 4.69) is 42.5 Å². The highest BCUT2D eigenvalue weighted by Gasteiger charge is 2.24. The van der Waals surface area contributed by atoms with Gasteiger partial charge in [0, 0.05) is 18.4 Å². The number of benzene rings is 2. The van der Waals surface area contributed by atoms with Gasteiger partial charge in [-0.15, -0.1) is 11.3 Å². The van der Waals surface area contributed by atoms with Crippen molar-refractivity contribution >= 4 is 33.8 Å². The minimum absolute atomic E-state index is 0.0727. The summed E-state index contributed by atoms with van der Waals surface area (Å²) in [6, 6.07) is 18.7. The molecule has 144 valence electrons. The first-order chi connectivity index (χ1) is 13.7. The van der Waals surface area contributed by atoms with Gasteiger partial charge in [0.15, 0.2) is 5.78 Å². The number of piperazine rings is 1. The molecule has 4 rings (SSSR count). The number of amides is 1. The van der Waals surface area contributed by atoms with Crippen molar-refractivity contribution in [3.8, 4) is 0 Å². The Kier molecular flexibility index (Phi) is 5.84. The Bertz CT molecular complexity index is 954. The van der Waals surface area contributed by atoms with Gasteiger partial charge in [-0.1, -0.05) is 48.5 Å². The Balaban J connectivity index is 1.28. The molecule has 3 aromatic rings. The van der Waals surface area contributed by atoms with Crippen molar-refractivity contribution in [1.82, 2.24) is 4.90 Å². The Labute approximate surface area is 169 Å². The van der Waals surface area contributed by atoms with Crippen LogP contribution in [0.25, 0.3) is 10.8 Å². The van der Waals surface area contributed by atoms with E-state index in [1.807, 2.05) is 22.4 Å². The van der Waals surface area contributed by atoms with Crippen molar-refractivity contribution in [1.29, 1.82) is 0 Å². The highest BCUT2D eigenvalue weighted by molar-refractivity contribution is 7.12. The first-order valence-corrected chi connectivity index (χ1v) is 10.7. The lowest BCUT2D eigenvalue weighted by Crippen LogP contribution is -3.13. The summed E-state index contributed by atoms with van der Waals surface area (Å²) in [4.78, 5) is 28.8. The molecule has 1 fully saturated rings. The monoisotopic (exact) mass is 393 g/mol. The first kappa shape index (κ1) is 18.8. The molecule has 1 N–H and O–H groups in total. The second kappa shape index (κ2) is 8.67. The van der Waals surface area contributed by atoms with Crippen molar-refractivity contribution < 1.29 is 14.5 Å². The summed E-state index contributed by atoms with van der Waals surface area (Å²) in [6.07, 6.45) is 0.623. The minimum Gasteiger partial charge on any atom is -0.331 e. The predicted molar refractivity (Wildman–Crippen MR) is 113 cm³/mol. The molecule has 2 heterocycles. The number of fused-ring (bicyclic) bond motifs is 1. The van der Waals surface area contributed by atoms with Crippen LogP contribution in [0.5, 0.6) is 0 Å². The Hall–Kier alpha value is -2.50. The van der Waals surface area contributed by atoms with Crippen LogP contribution in [-0.2, 0) is 11.3 Å². The number of nitrogens with zero attached hydrogens (tertiary/aromatic N) is 1. The van der Waals surface area contributed by atoms with Gasteiger partial charge in [-0.05, 0) is 22.2 Å². The van der Waals surface area contributed by atoms with Crippen molar-refractivity contribution in [2.75, 3.05) is 26.2 Å². The van der Waals surface area contributed by atoms with E-state index < -0.39 is 0 Å². The van der Waals surface area contributed by atoms with Crippen LogP contribution >= 0.6 is 11.3 Å². The smallest absolute Gasteiger partial charge is 0.223 e. The maximum absolute atomic E-state index is 12.5. The number of carbonyl (C=O) groups excluding carboxylic acids is 2. The highest BCUT2D eigenvalue weighted by Crippen LogP contribution is 2.18. The van der Waals surface area contributed by atoms with E-state index in [0.29, 0.717) is 12.8 Å². The number of Topliss-reactive ketones (excluding diaryl/α,β-unsaturated/α-hetero) is 1. The van der Waals surface area contributed by atoms with Gasteiger partial charge in [-0.2, -0.15) is 0 Å². The van der Waals surface area contributed by atoms with E-state index in [1.165, 1.54) is 32.6 Å². The quantitative estimate of drug-likeness (QED) is 0.655. The predicted octanol–water partition coefficient (Wildman–Crippen LogP) is 2.79. The largest absolute Gasteiger partial charge is 0.331 e. The number of hydrogen-bond acceptors (Lipinski definition) is 3. The molecular formula is C23H25N2O2S+. The maximum atomic E-state index is 12.5. The average molecular weight is 394 g/mol. The summed E-state index contributed by atoms with van der Waals surface area (Å²) >= 11 is 1.44. The zero-order chi connectivity index (χ0) is 19.3. The van der Waals surface area contributed by atoms with E-state index in [0.717, 1.165) is 37.6 Å². The van der Waals surface area contributed by atoms with Crippen LogP contribution in [0, 0.1) is 0 Å². The molecule has 1 aliphatic rings. The third-order valence-electron chi connectivity index (χ3n) is 5.51. The lowest BCUT2D eigenvalue weighted by atomic mass is 10.0. The van der Waals surface area contributed by atoms with Crippen LogP contribution < -0.4 is 4.90 Å². The molecule has 1 amide bonds. The molecule has 2 aromatic carbocycles. The van der Waals surface area contributed by atoms with E-state index in [9.17, 15) is 9.59 Å². The number of quaternary nitrogens is 1. The fourth-order valence-electron chi connectivity index (χ4n) is 3.90. The molecule has 1 aliphatic heterocycles. The topological polar surface area (TPSA) is 41.8 Å².